The van der Waals surface area contributed by atoms with Crippen LogP contribution in [-0.4, -0.2) is 28.6 Å². The van der Waals surface area contributed by atoms with Gasteiger partial charge in [-0.05, 0) is 63.1 Å². The molecule has 0 aliphatic heterocycles. The van der Waals surface area contributed by atoms with E-state index in [1.165, 1.54) is 5.56 Å². The number of nitrogens with one attached hydrogen (secondary N) is 1. The van der Waals surface area contributed by atoms with Crippen LogP contribution in [0.5, 0.6) is 5.75 Å². The minimum atomic E-state index is -0.0467. The lowest BCUT2D eigenvalue weighted by atomic mass is 10.1. The number of nitrogens with zero attached hydrogens (tertiary/aromatic N) is 2. The summed E-state index contributed by atoms with van der Waals surface area (Å²) in [6.07, 6.45) is 2.64. The quantitative estimate of drug-likeness (QED) is 0.331. The maximum absolute atomic E-state index is 12.5. The monoisotopic (exact) mass is 441 g/mol. The van der Waals surface area contributed by atoms with Crippen molar-refractivity contribution in [3.63, 3.8) is 0 Å². The lowest BCUT2D eigenvalue weighted by Gasteiger charge is -2.11. The van der Waals surface area contributed by atoms with Gasteiger partial charge in [-0.25, -0.2) is 4.98 Å². The molecular weight excluding hydrogens is 410 g/mol. The molecule has 1 heterocycles. The highest BCUT2D eigenvalue weighted by atomic mass is 16.5. The molecule has 0 atom stereocenters. The second-order valence-corrected chi connectivity index (χ2v) is 8.41. The van der Waals surface area contributed by atoms with Crippen LogP contribution in [0.25, 0.3) is 11.0 Å². The largest absolute Gasteiger partial charge is 0.494 e. The number of aryl methyl sites for hydroxylation is 3. The molecule has 0 spiro atoms. The number of hydrogen-bond acceptors (Lipinski definition) is 3. The summed E-state index contributed by atoms with van der Waals surface area (Å²) in [6, 6.07) is 24.0. The molecule has 0 aliphatic rings. The number of benzene rings is 3. The number of unbranched alkanes of at least 4 members (excludes halogenated alkanes) is 1. The second-order valence-electron chi connectivity index (χ2n) is 8.41. The zero-order chi connectivity index (χ0) is 23.0. The van der Waals surface area contributed by atoms with Gasteiger partial charge in [0.2, 0.25) is 0 Å². The molecule has 3 aromatic carbocycles. The highest BCUT2D eigenvalue weighted by Crippen LogP contribution is 2.18. The number of fused-ring (bicyclic) bond motifs is 1. The van der Waals surface area contributed by atoms with Gasteiger partial charge in [-0.15, -0.1) is 0 Å². The molecule has 1 amide bonds. The lowest BCUT2D eigenvalue weighted by Crippen LogP contribution is -2.26. The van der Waals surface area contributed by atoms with Gasteiger partial charge in [0.1, 0.15) is 11.6 Å². The maximum Gasteiger partial charge on any atom is 0.251 e. The Kier molecular flexibility index (Phi) is 7.40. The standard InChI is InChI=1S/C28H31N3O2/c1-21-12-14-24(15-13-21)33-19-6-5-18-31-26-11-4-3-10-25(26)30-27(31)16-17-29-28(32)23-9-7-8-22(2)20-23/h3-4,7-15,20H,5-6,16-19H2,1-2H3,(H,29,32). The summed E-state index contributed by atoms with van der Waals surface area (Å²) in [5.74, 6) is 1.87. The average Bonchev–Trinajstić information content (AvgIpc) is 3.17. The molecule has 1 N–H and O–H groups in total. The molecule has 0 aliphatic carbocycles. The number of hydrogen-bond donors (Lipinski definition) is 1. The lowest BCUT2D eigenvalue weighted by molar-refractivity contribution is 0.0954. The SMILES string of the molecule is Cc1ccc(OCCCCn2c(CCNC(=O)c3cccc(C)c3)nc3ccccc32)cc1. The Bertz CT molecular complexity index is 1210. The average molecular weight is 442 g/mol. The van der Waals surface area contributed by atoms with Gasteiger partial charge in [-0.2, -0.15) is 0 Å². The van der Waals surface area contributed by atoms with Crippen molar-refractivity contribution >= 4 is 16.9 Å². The van der Waals surface area contributed by atoms with Crippen LogP contribution in [0.4, 0.5) is 0 Å². The van der Waals surface area contributed by atoms with Gasteiger partial charge in [-0.3, -0.25) is 4.79 Å². The van der Waals surface area contributed by atoms with Crippen LogP contribution < -0.4 is 10.1 Å². The summed E-state index contributed by atoms with van der Waals surface area (Å²) in [7, 11) is 0. The van der Waals surface area contributed by atoms with Crippen molar-refractivity contribution in [1.29, 1.82) is 0 Å². The van der Waals surface area contributed by atoms with Gasteiger partial charge in [0.05, 0.1) is 17.6 Å². The normalized spacial score (nSPS) is 11.0. The molecule has 1 aromatic heterocycles. The number of rotatable bonds is 10. The Labute approximate surface area is 195 Å². The Morgan fingerprint density at radius 2 is 1.76 bits per heavy atom. The molecule has 5 heteroatoms. The van der Waals surface area contributed by atoms with E-state index >= 15 is 0 Å². The molecular formula is C28H31N3O2. The van der Waals surface area contributed by atoms with Gasteiger partial charge < -0.3 is 14.6 Å². The summed E-state index contributed by atoms with van der Waals surface area (Å²) < 4.78 is 8.15. The third-order valence-electron chi connectivity index (χ3n) is 5.71. The van der Waals surface area contributed by atoms with E-state index in [1.807, 2.05) is 61.5 Å². The third kappa shape index (κ3) is 6.01. The highest BCUT2D eigenvalue weighted by molar-refractivity contribution is 5.94. The van der Waals surface area contributed by atoms with E-state index in [-0.39, 0.29) is 5.91 Å². The summed E-state index contributed by atoms with van der Waals surface area (Å²) in [6.45, 7) is 6.18. The first-order chi connectivity index (χ1) is 16.1. The number of carbonyl (C=O) groups is 1. The van der Waals surface area contributed by atoms with Crippen molar-refractivity contribution in [3.05, 3.63) is 95.3 Å². The van der Waals surface area contributed by atoms with Gasteiger partial charge in [-0.1, -0.05) is 47.5 Å². The van der Waals surface area contributed by atoms with Crippen LogP contribution in [0.1, 0.15) is 40.2 Å². The molecule has 5 nitrogen and oxygen atoms in total. The number of ether oxygens (including phenoxy) is 1. The zero-order valence-electron chi connectivity index (χ0n) is 19.4. The topological polar surface area (TPSA) is 56.1 Å². The summed E-state index contributed by atoms with van der Waals surface area (Å²) >= 11 is 0. The van der Waals surface area contributed by atoms with Gasteiger partial charge in [0, 0.05) is 25.1 Å². The Morgan fingerprint density at radius 1 is 0.939 bits per heavy atom. The summed E-state index contributed by atoms with van der Waals surface area (Å²) in [5, 5.41) is 3.03. The molecule has 0 fully saturated rings. The smallest absolute Gasteiger partial charge is 0.251 e. The molecule has 4 aromatic rings. The summed E-state index contributed by atoms with van der Waals surface area (Å²) in [4.78, 5) is 17.3. The minimum absolute atomic E-state index is 0.0467. The van der Waals surface area contributed by atoms with Crippen molar-refractivity contribution < 1.29 is 9.53 Å². The fraction of sp³-hybridized carbons (Fsp3) is 0.286. The molecule has 0 saturated carbocycles. The van der Waals surface area contributed by atoms with E-state index in [2.05, 4.69) is 35.0 Å². The molecule has 0 bridgehead atoms. The Morgan fingerprint density at radius 3 is 2.58 bits per heavy atom. The van der Waals surface area contributed by atoms with Crippen LogP contribution in [0.2, 0.25) is 0 Å². The zero-order valence-corrected chi connectivity index (χ0v) is 19.4. The van der Waals surface area contributed by atoms with Gasteiger partial charge >= 0.3 is 0 Å². The molecule has 4 rings (SSSR count). The molecule has 0 saturated heterocycles. The third-order valence-corrected chi connectivity index (χ3v) is 5.71. The fourth-order valence-electron chi connectivity index (χ4n) is 3.94. The number of aromatic nitrogens is 2. The summed E-state index contributed by atoms with van der Waals surface area (Å²) in [5.41, 5.74) is 5.13. The van der Waals surface area contributed by atoms with E-state index in [1.54, 1.807) is 0 Å². The van der Waals surface area contributed by atoms with Crippen LogP contribution in [0.15, 0.2) is 72.8 Å². The maximum atomic E-state index is 12.5. The van der Waals surface area contributed by atoms with Gasteiger partial charge in [0.25, 0.3) is 5.91 Å². The van der Waals surface area contributed by atoms with Crippen LogP contribution in [0.3, 0.4) is 0 Å². The van der Waals surface area contributed by atoms with Crippen LogP contribution in [-0.2, 0) is 13.0 Å². The highest BCUT2D eigenvalue weighted by Gasteiger charge is 2.11. The van der Waals surface area contributed by atoms with Crippen molar-refractivity contribution in [2.45, 2.75) is 39.7 Å². The number of para-hydroxylation sites is 2. The van der Waals surface area contributed by atoms with Gasteiger partial charge in [0.15, 0.2) is 0 Å². The predicted molar refractivity (Wildman–Crippen MR) is 133 cm³/mol. The number of imidazole rings is 1. The van der Waals surface area contributed by atoms with Crippen molar-refractivity contribution in [1.82, 2.24) is 14.9 Å². The first-order valence-corrected chi connectivity index (χ1v) is 11.6. The van der Waals surface area contributed by atoms with Crippen molar-refractivity contribution in [2.75, 3.05) is 13.2 Å². The van der Waals surface area contributed by atoms with Crippen molar-refractivity contribution in [2.24, 2.45) is 0 Å². The predicted octanol–water partition coefficient (Wildman–Crippen LogP) is 5.48. The number of amides is 1. The van der Waals surface area contributed by atoms with E-state index in [4.69, 9.17) is 9.72 Å². The van der Waals surface area contributed by atoms with E-state index in [0.717, 1.165) is 47.6 Å². The van der Waals surface area contributed by atoms with Crippen LogP contribution >= 0.6 is 0 Å². The van der Waals surface area contributed by atoms with E-state index in [9.17, 15) is 4.79 Å². The minimum Gasteiger partial charge on any atom is -0.494 e. The van der Waals surface area contributed by atoms with Crippen LogP contribution in [0, 0.1) is 13.8 Å². The van der Waals surface area contributed by atoms with E-state index < -0.39 is 0 Å². The molecule has 0 unspecified atom stereocenters. The first-order valence-electron chi connectivity index (χ1n) is 11.6. The molecule has 170 valence electrons. The fourth-order valence-corrected chi connectivity index (χ4v) is 3.94. The number of carbonyl (C=O) groups excluding carboxylic acids is 1. The molecule has 0 radical (unpaired) electrons. The Hall–Kier alpha value is -3.60. The Balaban J connectivity index is 1.33. The first kappa shape index (κ1) is 22.6. The molecule has 33 heavy (non-hydrogen) atoms. The van der Waals surface area contributed by atoms with Crippen molar-refractivity contribution in [3.8, 4) is 5.75 Å². The van der Waals surface area contributed by atoms with E-state index in [0.29, 0.717) is 25.1 Å². The second kappa shape index (κ2) is 10.8.